The number of hydrogen-bond acceptors (Lipinski definition) is 4. The van der Waals surface area contributed by atoms with E-state index < -0.39 is 0 Å². The fourth-order valence-corrected chi connectivity index (χ4v) is 4.08. The van der Waals surface area contributed by atoms with Gasteiger partial charge in [0.25, 0.3) is 5.91 Å². The first-order chi connectivity index (χ1) is 13.9. The van der Waals surface area contributed by atoms with Crippen LogP contribution in [-0.4, -0.2) is 45.9 Å². The standard InChI is InChI=1S/C22H26N4O3/c1-14-6-7-15(2)26(14)21-18(12-23-24(21)3)22(27)25-9-8-16-10-19(28-4)20(29-5)11-17(16)13-25/h6-7,10-12H,8-9,13H2,1-5H3. The second-order valence-corrected chi connectivity index (χ2v) is 7.41. The van der Waals surface area contributed by atoms with Gasteiger partial charge in [-0.25, -0.2) is 0 Å². The van der Waals surface area contributed by atoms with Crippen LogP contribution in [0.5, 0.6) is 11.5 Å². The lowest BCUT2D eigenvalue weighted by molar-refractivity contribution is 0.0734. The van der Waals surface area contributed by atoms with Gasteiger partial charge in [-0.2, -0.15) is 5.10 Å². The quantitative estimate of drug-likeness (QED) is 0.682. The number of amides is 1. The summed E-state index contributed by atoms with van der Waals surface area (Å²) >= 11 is 0. The first kappa shape index (κ1) is 19.1. The molecule has 4 rings (SSSR count). The second-order valence-electron chi connectivity index (χ2n) is 7.41. The van der Waals surface area contributed by atoms with Crippen molar-refractivity contribution in [3.8, 4) is 17.3 Å². The Morgan fingerprint density at radius 2 is 1.66 bits per heavy atom. The summed E-state index contributed by atoms with van der Waals surface area (Å²) < 4.78 is 14.7. The van der Waals surface area contributed by atoms with Gasteiger partial charge in [-0.3, -0.25) is 9.48 Å². The van der Waals surface area contributed by atoms with Crippen LogP contribution in [0.1, 0.15) is 32.9 Å². The largest absolute Gasteiger partial charge is 0.493 e. The number of aromatic nitrogens is 3. The Hall–Kier alpha value is -3.22. The molecule has 0 N–H and O–H groups in total. The SMILES string of the molecule is COc1cc2c(cc1OC)CN(C(=O)c1cnn(C)c1-n1c(C)ccc1C)CC2. The van der Waals surface area contributed by atoms with Gasteiger partial charge in [0.15, 0.2) is 11.5 Å². The summed E-state index contributed by atoms with van der Waals surface area (Å²) in [5.41, 5.74) is 5.02. The maximum atomic E-state index is 13.4. The van der Waals surface area contributed by atoms with Crippen LogP contribution in [0.4, 0.5) is 0 Å². The van der Waals surface area contributed by atoms with Crippen LogP contribution in [0.15, 0.2) is 30.5 Å². The molecule has 0 radical (unpaired) electrons. The number of fused-ring (bicyclic) bond motifs is 1. The second kappa shape index (κ2) is 7.31. The molecule has 3 aromatic rings. The van der Waals surface area contributed by atoms with Crippen molar-refractivity contribution in [2.45, 2.75) is 26.8 Å². The number of carbonyl (C=O) groups excluding carboxylic acids is 1. The third kappa shape index (κ3) is 3.16. The van der Waals surface area contributed by atoms with Crippen molar-refractivity contribution in [2.24, 2.45) is 7.05 Å². The molecule has 152 valence electrons. The first-order valence-corrected chi connectivity index (χ1v) is 9.65. The van der Waals surface area contributed by atoms with E-state index in [2.05, 4.69) is 9.67 Å². The van der Waals surface area contributed by atoms with E-state index in [1.807, 2.05) is 50.1 Å². The van der Waals surface area contributed by atoms with Gasteiger partial charge in [0, 0.05) is 31.5 Å². The summed E-state index contributed by atoms with van der Waals surface area (Å²) in [7, 11) is 5.13. The molecule has 1 aromatic carbocycles. The van der Waals surface area contributed by atoms with E-state index in [1.165, 1.54) is 5.56 Å². The van der Waals surface area contributed by atoms with Gasteiger partial charge < -0.3 is 18.9 Å². The lowest BCUT2D eigenvalue weighted by Gasteiger charge is -2.30. The van der Waals surface area contributed by atoms with Crippen molar-refractivity contribution in [1.29, 1.82) is 0 Å². The highest BCUT2D eigenvalue weighted by Gasteiger charge is 2.28. The summed E-state index contributed by atoms with van der Waals surface area (Å²) in [6.45, 7) is 5.25. The third-order valence-corrected chi connectivity index (χ3v) is 5.63. The number of benzene rings is 1. The lowest BCUT2D eigenvalue weighted by atomic mass is 9.98. The summed E-state index contributed by atoms with van der Waals surface area (Å²) in [5.74, 6) is 2.19. The van der Waals surface area contributed by atoms with E-state index in [1.54, 1.807) is 25.1 Å². The fourth-order valence-electron chi connectivity index (χ4n) is 4.08. The molecular formula is C22H26N4O3. The van der Waals surface area contributed by atoms with Crippen molar-refractivity contribution in [1.82, 2.24) is 19.2 Å². The maximum absolute atomic E-state index is 13.4. The van der Waals surface area contributed by atoms with Crippen molar-refractivity contribution in [3.05, 3.63) is 58.5 Å². The van der Waals surface area contributed by atoms with Crippen molar-refractivity contribution in [2.75, 3.05) is 20.8 Å². The van der Waals surface area contributed by atoms with Crippen LogP contribution < -0.4 is 9.47 Å². The molecular weight excluding hydrogens is 368 g/mol. The van der Waals surface area contributed by atoms with Gasteiger partial charge in [0.2, 0.25) is 0 Å². The van der Waals surface area contributed by atoms with Crippen molar-refractivity contribution >= 4 is 5.91 Å². The van der Waals surface area contributed by atoms with Crippen LogP contribution >= 0.6 is 0 Å². The number of hydrogen-bond donors (Lipinski definition) is 0. The highest BCUT2D eigenvalue weighted by atomic mass is 16.5. The molecule has 3 heterocycles. The molecule has 0 aliphatic carbocycles. The molecule has 29 heavy (non-hydrogen) atoms. The molecule has 0 saturated heterocycles. The van der Waals surface area contributed by atoms with E-state index >= 15 is 0 Å². The minimum Gasteiger partial charge on any atom is -0.493 e. The van der Waals surface area contributed by atoms with Gasteiger partial charge in [-0.05, 0) is 55.7 Å². The van der Waals surface area contributed by atoms with E-state index in [-0.39, 0.29) is 5.91 Å². The summed E-state index contributed by atoms with van der Waals surface area (Å²) in [6, 6.07) is 8.08. The summed E-state index contributed by atoms with van der Waals surface area (Å²) in [5, 5.41) is 4.38. The highest BCUT2D eigenvalue weighted by Crippen LogP contribution is 2.34. The average Bonchev–Trinajstić information content (AvgIpc) is 3.26. The minimum atomic E-state index is -0.0129. The zero-order valence-electron chi connectivity index (χ0n) is 17.5. The number of carbonyl (C=O) groups is 1. The Labute approximate surface area is 170 Å². The van der Waals surface area contributed by atoms with Crippen molar-refractivity contribution < 1.29 is 14.3 Å². The molecule has 7 heteroatoms. The minimum absolute atomic E-state index is 0.0129. The molecule has 7 nitrogen and oxygen atoms in total. The zero-order valence-corrected chi connectivity index (χ0v) is 17.5. The molecule has 0 fully saturated rings. The first-order valence-electron chi connectivity index (χ1n) is 9.65. The zero-order chi connectivity index (χ0) is 20.7. The third-order valence-electron chi connectivity index (χ3n) is 5.63. The van der Waals surface area contributed by atoms with E-state index in [4.69, 9.17) is 9.47 Å². The molecule has 0 unspecified atom stereocenters. The molecule has 0 saturated carbocycles. The average molecular weight is 394 g/mol. The van der Waals surface area contributed by atoms with Crippen LogP contribution in [0.3, 0.4) is 0 Å². The van der Waals surface area contributed by atoms with Gasteiger partial charge in [0.05, 0.1) is 20.4 Å². The number of rotatable bonds is 4. The normalized spacial score (nSPS) is 13.3. The van der Waals surface area contributed by atoms with E-state index in [0.29, 0.717) is 24.4 Å². The van der Waals surface area contributed by atoms with Gasteiger partial charge >= 0.3 is 0 Å². The van der Waals surface area contributed by atoms with Crippen LogP contribution in [0.25, 0.3) is 5.82 Å². The summed E-state index contributed by atoms with van der Waals surface area (Å²) in [4.78, 5) is 15.3. The van der Waals surface area contributed by atoms with Crippen LogP contribution in [-0.2, 0) is 20.0 Å². The summed E-state index contributed by atoms with van der Waals surface area (Å²) in [6.07, 6.45) is 2.44. The highest BCUT2D eigenvalue weighted by molar-refractivity contribution is 5.97. The molecule has 1 aliphatic rings. The molecule has 0 spiro atoms. The number of nitrogens with zero attached hydrogens (tertiary/aromatic N) is 4. The molecule has 1 amide bonds. The van der Waals surface area contributed by atoms with Crippen LogP contribution in [0, 0.1) is 13.8 Å². The van der Waals surface area contributed by atoms with E-state index in [9.17, 15) is 4.79 Å². The van der Waals surface area contributed by atoms with E-state index in [0.717, 1.165) is 34.9 Å². The topological polar surface area (TPSA) is 61.5 Å². The Morgan fingerprint density at radius 1 is 1.03 bits per heavy atom. The Kier molecular flexibility index (Phi) is 4.82. The maximum Gasteiger partial charge on any atom is 0.259 e. The fraction of sp³-hybridized carbons (Fsp3) is 0.364. The molecule has 1 aliphatic heterocycles. The molecule has 2 aromatic heterocycles. The Balaban J connectivity index is 1.68. The van der Waals surface area contributed by atoms with Crippen molar-refractivity contribution in [3.63, 3.8) is 0 Å². The van der Waals surface area contributed by atoms with Gasteiger partial charge in [-0.15, -0.1) is 0 Å². The number of aryl methyl sites for hydroxylation is 3. The predicted molar refractivity (Wildman–Crippen MR) is 110 cm³/mol. The van der Waals surface area contributed by atoms with Gasteiger partial charge in [-0.1, -0.05) is 0 Å². The Bertz CT molecular complexity index is 1060. The molecule has 0 atom stereocenters. The lowest BCUT2D eigenvalue weighted by Crippen LogP contribution is -2.36. The predicted octanol–water partition coefficient (Wildman–Crippen LogP) is 3.04. The molecule has 0 bridgehead atoms. The van der Waals surface area contributed by atoms with Gasteiger partial charge in [0.1, 0.15) is 11.4 Å². The smallest absolute Gasteiger partial charge is 0.259 e. The number of methoxy groups -OCH3 is 2. The number of ether oxygens (including phenoxy) is 2. The Morgan fingerprint density at radius 3 is 2.28 bits per heavy atom. The monoisotopic (exact) mass is 394 g/mol. The van der Waals surface area contributed by atoms with Crippen LogP contribution in [0.2, 0.25) is 0 Å².